The number of hydrogen-bond acceptors (Lipinski definition) is 3. The van der Waals surface area contributed by atoms with Gasteiger partial charge in [-0.3, -0.25) is 0 Å². The molecule has 0 spiro atoms. The minimum atomic E-state index is 0.337. The summed E-state index contributed by atoms with van der Waals surface area (Å²) < 4.78 is 5.51. The van der Waals surface area contributed by atoms with Crippen LogP contribution in [-0.2, 0) is 10.2 Å². The monoisotopic (exact) mass is 223 g/mol. The molecular weight excluding hydrogens is 206 g/mol. The molecule has 15 heavy (non-hydrogen) atoms. The number of thiophene rings is 1. The maximum absolute atomic E-state index is 5.51. The van der Waals surface area contributed by atoms with Crippen molar-refractivity contribution in [3.63, 3.8) is 0 Å². The molecule has 0 aromatic carbocycles. The average molecular weight is 223 g/mol. The Kier molecular flexibility index (Phi) is 2.16. The molecule has 1 aliphatic heterocycles. The van der Waals surface area contributed by atoms with Gasteiger partial charge in [0.05, 0.1) is 18.6 Å². The Labute approximate surface area is 94.6 Å². The SMILES string of the molecule is CNCC1(C2(c3cccs3)COC2)CC1. The molecule has 82 valence electrons. The molecule has 1 N–H and O–H groups in total. The standard InChI is InChI=1S/C12H17NOS/c1-13-7-11(4-5-11)12(8-14-9-12)10-3-2-6-15-10/h2-3,6,13H,4-5,7-9H2,1H3. The van der Waals surface area contributed by atoms with Crippen molar-refractivity contribution < 1.29 is 4.74 Å². The van der Waals surface area contributed by atoms with E-state index in [2.05, 4.69) is 29.9 Å². The number of nitrogens with one attached hydrogen (secondary N) is 1. The van der Waals surface area contributed by atoms with Crippen LogP contribution in [0.5, 0.6) is 0 Å². The van der Waals surface area contributed by atoms with Crippen molar-refractivity contribution in [3.8, 4) is 0 Å². The second-order valence-corrected chi connectivity index (χ2v) is 5.81. The number of rotatable bonds is 4. The first-order valence-electron chi connectivity index (χ1n) is 5.59. The van der Waals surface area contributed by atoms with Crippen LogP contribution in [0.4, 0.5) is 0 Å². The Hall–Kier alpha value is -0.380. The molecule has 3 rings (SSSR count). The van der Waals surface area contributed by atoms with Crippen molar-refractivity contribution in [1.82, 2.24) is 5.32 Å². The van der Waals surface area contributed by atoms with E-state index in [1.165, 1.54) is 17.7 Å². The van der Waals surface area contributed by atoms with E-state index in [4.69, 9.17) is 4.74 Å². The van der Waals surface area contributed by atoms with E-state index in [0.717, 1.165) is 19.8 Å². The molecule has 0 amide bonds. The molecule has 2 fully saturated rings. The van der Waals surface area contributed by atoms with Gasteiger partial charge in [-0.05, 0) is 36.8 Å². The molecule has 1 aliphatic carbocycles. The highest BCUT2D eigenvalue weighted by molar-refractivity contribution is 7.10. The largest absolute Gasteiger partial charge is 0.379 e. The van der Waals surface area contributed by atoms with E-state index >= 15 is 0 Å². The summed E-state index contributed by atoms with van der Waals surface area (Å²) in [5, 5.41) is 5.54. The Morgan fingerprint density at radius 2 is 2.27 bits per heavy atom. The van der Waals surface area contributed by atoms with Crippen molar-refractivity contribution in [2.75, 3.05) is 26.8 Å². The summed E-state index contributed by atoms with van der Waals surface area (Å²) in [6, 6.07) is 4.44. The third kappa shape index (κ3) is 1.23. The van der Waals surface area contributed by atoms with E-state index < -0.39 is 0 Å². The molecule has 3 heteroatoms. The molecule has 0 atom stereocenters. The molecule has 1 saturated heterocycles. The van der Waals surface area contributed by atoms with Crippen molar-refractivity contribution in [1.29, 1.82) is 0 Å². The zero-order valence-corrected chi connectivity index (χ0v) is 9.90. The zero-order valence-electron chi connectivity index (χ0n) is 9.08. The topological polar surface area (TPSA) is 21.3 Å². The maximum Gasteiger partial charge on any atom is 0.0599 e. The highest BCUT2D eigenvalue weighted by atomic mass is 32.1. The molecule has 0 bridgehead atoms. The Morgan fingerprint density at radius 1 is 1.47 bits per heavy atom. The van der Waals surface area contributed by atoms with Gasteiger partial charge in [0.2, 0.25) is 0 Å². The van der Waals surface area contributed by atoms with Crippen molar-refractivity contribution in [2.24, 2.45) is 5.41 Å². The lowest BCUT2D eigenvalue weighted by atomic mass is 9.69. The second-order valence-electron chi connectivity index (χ2n) is 4.86. The van der Waals surface area contributed by atoms with E-state index in [1.54, 1.807) is 0 Å². The van der Waals surface area contributed by atoms with Crippen LogP contribution in [0.2, 0.25) is 0 Å². The molecule has 2 heterocycles. The predicted octanol–water partition coefficient (Wildman–Crippen LogP) is 2.02. The summed E-state index contributed by atoms with van der Waals surface area (Å²) in [5.74, 6) is 0. The van der Waals surface area contributed by atoms with Crippen LogP contribution in [0.3, 0.4) is 0 Å². The van der Waals surface area contributed by atoms with E-state index in [1.807, 2.05) is 11.3 Å². The summed E-state index contributed by atoms with van der Waals surface area (Å²) in [6.45, 7) is 2.98. The van der Waals surface area contributed by atoms with Gasteiger partial charge in [-0.25, -0.2) is 0 Å². The van der Waals surface area contributed by atoms with Crippen molar-refractivity contribution >= 4 is 11.3 Å². The molecule has 2 nitrogen and oxygen atoms in total. The maximum atomic E-state index is 5.51. The number of hydrogen-bond donors (Lipinski definition) is 1. The predicted molar refractivity (Wildman–Crippen MR) is 62.4 cm³/mol. The summed E-state index contributed by atoms with van der Waals surface area (Å²) in [4.78, 5) is 1.53. The van der Waals surface area contributed by atoms with Crippen LogP contribution in [0, 0.1) is 5.41 Å². The van der Waals surface area contributed by atoms with Gasteiger partial charge >= 0.3 is 0 Å². The first kappa shape index (κ1) is 9.82. The van der Waals surface area contributed by atoms with Crippen LogP contribution < -0.4 is 5.32 Å². The highest BCUT2D eigenvalue weighted by Gasteiger charge is 2.63. The normalized spacial score (nSPS) is 25.9. The Morgan fingerprint density at radius 3 is 2.67 bits per heavy atom. The van der Waals surface area contributed by atoms with Crippen molar-refractivity contribution in [2.45, 2.75) is 18.3 Å². The molecule has 1 saturated carbocycles. The number of ether oxygens (including phenoxy) is 1. The van der Waals surface area contributed by atoms with Gasteiger partial charge < -0.3 is 10.1 Å². The molecule has 0 unspecified atom stereocenters. The van der Waals surface area contributed by atoms with Crippen LogP contribution >= 0.6 is 11.3 Å². The fourth-order valence-corrected chi connectivity index (χ4v) is 3.90. The van der Waals surface area contributed by atoms with Gasteiger partial charge in [-0.2, -0.15) is 0 Å². The van der Waals surface area contributed by atoms with Gasteiger partial charge in [0, 0.05) is 11.4 Å². The Balaban J connectivity index is 1.93. The molecular formula is C12H17NOS. The van der Waals surface area contributed by atoms with Crippen molar-refractivity contribution in [3.05, 3.63) is 22.4 Å². The quantitative estimate of drug-likeness (QED) is 0.843. The zero-order chi connectivity index (χ0) is 10.4. The lowest BCUT2D eigenvalue weighted by Crippen LogP contribution is -2.55. The van der Waals surface area contributed by atoms with Gasteiger partial charge in [0.1, 0.15) is 0 Å². The van der Waals surface area contributed by atoms with E-state index in [9.17, 15) is 0 Å². The first-order chi connectivity index (χ1) is 7.33. The second kappa shape index (κ2) is 3.30. The first-order valence-corrected chi connectivity index (χ1v) is 6.47. The summed E-state index contributed by atoms with van der Waals surface area (Å²) in [5.41, 5.74) is 0.828. The fraction of sp³-hybridized carbons (Fsp3) is 0.667. The molecule has 0 radical (unpaired) electrons. The van der Waals surface area contributed by atoms with Gasteiger partial charge in [-0.15, -0.1) is 11.3 Å². The minimum absolute atomic E-state index is 0.337. The lowest BCUT2D eigenvalue weighted by molar-refractivity contribution is -0.0966. The van der Waals surface area contributed by atoms with Crippen LogP contribution in [0.25, 0.3) is 0 Å². The van der Waals surface area contributed by atoms with Crippen LogP contribution in [0.15, 0.2) is 17.5 Å². The summed E-state index contributed by atoms with van der Waals surface area (Å²) >= 11 is 1.89. The van der Waals surface area contributed by atoms with Crippen LogP contribution in [-0.4, -0.2) is 26.8 Å². The Bertz CT molecular complexity index is 339. The third-order valence-electron chi connectivity index (χ3n) is 4.07. The average Bonchev–Trinajstić information content (AvgIpc) is 2.75. The van der Waals surface area contributed by atoms with Gasteiger partial charge in [0.15, 0.2) is 0 Å². The highest BCUT2D eigenvalue weighted by Crippen LogP contribution is 2.62. The van der Waals surface area contributed by atoms with Gasteiger partial charge in [0.25, 0.3) is 0 Å². The third-order valence-corrected chi connectivity index (χ3v) is 5.15. The molecule has 1 aromatic rings. The summed E-state index contributed by atoms with van der Waals surface area (Å²) in [6.07, 6.45) is 2.71. The molecule has 1 aromatic heterocycles. The lowest BCUT2D eigenvalue weighted by Gasteiger charge is -2.47. The minimum Gasteiger partial charge on any atom is -0.379 e. The molecule has 2 aliphatic rings. The smallest absolute Gasteiger partial charge is 0.0599 e. The van der Waals surface area contributed by atoms with Crippen LogP contribution in [0.1, 0.15) is 17.7 Å². The van der Waals surface area contributed by atoms with Gasteiger partial charge in [-0.1, -0.05) is 6.07 Å². The van der Waals surface area contributed by atoms with E-state index in [0.29, 0.717) is 10.8 Å². The summed E-state index contributed by atoms with van der Waals surface area (Å²) in [7, 11) is 2.06. The van der Waals surface area contributed by atoms with E-state index in [-0.39, 0.29) is 0 Å². The fourth-order valence-electron chi connectivity index (χ4n) is 2.88.